The molecule has 2 rings (SSSR count). The summed E-state index contributed by atoms with van der Waals surface area (Å²) in [7, 11) is -3.14. The van der Waals surface area contributed by atoms with E-state index in [0.29, 0.717) is 38.6 Å². The first kappa shape index (κ1) is 23.4. The van der Waals surface area contributed by atoms with Crippen LogP contribution in [0.4, 0.5) is 4.39 Å². The van der Waals surface area contributed by atoms with Crippen LogP contribution in [0.3, 0.4) is 0 Å². The predicted molar refractivity (Wildman–Crippen MR) is 114 cm³/mol. The van der Waals surface area contributed by atoms with Crippen LogP contribution in [0.15, 0.2) is 29.3 Å². The molecule has 2 N–H and O–H groups in total. The number of hydrogen-bond donors (Lipinski definition) is 2. The standard InChI is InChI=1S/C20H33FN4O3S/c1-4-14-29(26,27)25-12-10-17(11-13-25)24-20(22-5-2)23-15-16(3)28-19-9-7-6-8-18(19)21/h6-9,16-17H,4-5,10-15H2,1-3H3,(H2,22,23,24). The van der Waals surface area contributed by atoms with Gasteiger partial charge in [0.1, 0.15) is 6.10 Å². The average molecular weight is 429 g/mol. The van der Waals surface area contributed by atoms with Gasteiger partial charge in [-0.25, -0.2) is 22.1 Å². The van der Waals surface area contributed by atoms with Crippen molar-refractivity contribution in [1.82, 2.24) is 14.9 Å². The molecule has 1 unspecified atom stereocenters. The Balaban J connectivity index is 1.87. The molecule has 1 aliphatic rings. The molecule has 1 fully saturated rings. The molecule has 1 aliphatic heterocycles. The third-order valence-electron chi connectivity index (χ3n) is 4.67. The van der Waals surface area contributed by atoms with Gasteiger partial charge < -0.3 is 15.4 Å². The summed E-state index contributed by atoms with van der Waals surface area (Å²) in [6.45, 7) is 7.82. The first-order valence-electron chi connectivity index (χ1n) is 10.3. The zero-order valence-corrected chi connectivity index (χ0v) is 18.3. The Morgan fingerprint density at radius 2 is 2.00 bits per heavy atom. The quantitative estimate of drug-likeness (QED) is 0.466. The molecule has 9 heteroatoms. The molecule has 164 valence electrons. The van der Waals surface area contributed by atoms with Crippen LogP contribution in [0.1, 0.15) is 40.0 Å². The first-order valence-corrected chi connectivity index (χ1v) is 11.9. The van der Waals surface area contributed by atoms with Gasteiger partial charge in [0.25, 0.3) is 0 Å². The zero-order valence-electron chi connectivity index (χ0n) is 17.5. The highest BCUT2D eigenvalue weighted by Crippen LogP contribution is 2.17. The molecule has 0 spiro atoms. The van der Waals surface area contributed by atoms with Crippen molar-refractivity contribution in [2.45, 2.75) is 52.2 Å². The summed E-state index contributed by atoms with van der Waals surface area (Å²) in [6.07, 6.45) is 1.80. The van der Waals surface area contributed by atoms with Crippen molar-refractivity contribution in [3.05, 3.63) is 30.1 Å². The topological polar surface area (TPSA) is 83.0 Å². The van der Waals surface area contributed by atoms with Crippen molar-refractivity contribution in [2.24, 2.45) is 4.99 Å². The van der Waals surface area contributed by atoms with Crippen molar-refractivity contribution in [1.29, 1.82) is 0 Å². The molecular weight excluding hydrogens is 395 g/mol. The van der Waals surface area contributed by atoms with E-state index in [1.165, 1.54) is 6.07 Å². The molecule has 0 aromatic heterocycles. The van der Waals surface area contributed by atoms with Crippen molar-refractivity contribution < 1.29 is 17.5 Å². The number of sulfonamides is 1. The summed E-state index contributed by atoms with van der Waals surface area (Å²) in [6, 6.07) is 6.47. The van der Waals surface area contributed by atoms with E-state index in [1.54, 1.807) is 22.5 Å². The van der Waals surface area contributed by atoms with E-state index in [9.17, 15) is 12.8 Å². The normalized spacial score (nSPS) is 17.7. The predicted octanol–water partition coefficient (Wildman–Crippen LogP) is 2.35. The first-order chi connectivity index (χ1) is 13.9. The van der Waals surface area contributed by atoms with Gasteiger partial charge >= 0.3 is 0 Å². The monoisotopic (exact) mass is 428 g/mol. The SMILES string of the molecule is CCCS(=O)(=O)N1CCC(NC(=NCC(C)Oc2ccccc2F)NCC)CC1. The molecule has 0 saturated carbocycles. The lowest BCUT2D eigenvalue weighted by atomic mass is 10.1. The number of aliphatic imine (C=N–C) groups is 1. The highest BCUT2D eigenvalue weighted by atomic mass is 32.2. The Morgan fingerprint density at radius 1 is 1.31 bits per heavy atom. The van der Waals surface area contributed by atoms with Gasteiger partial charge in [0, 0.05) is 25.7 Å². The lowest BCUT2D eigenvalue weighted by Gasteiger charge is -2.32. The molecular formula is C20H33FN4O3S. The van der Waals surface area contributed by atoms with Crippen LogP contribution in [0.2, 0.25) is 0 Å². The minimum absolute atomic E-state index is 0.156. The van der Waals surface area contributed by atoms with Gasteiger partial charge in [0.15, 0.2) is 17.5 Å². The third-order valence-corrected chi connectivity index (χ3v) is 6.74. The molecule has 0 aliphatic carbocycles. The lowest BCUT2D eigenvalue weighted by Crippen LogP contribution is -2.50. The van der Waals surface area contributed by atoms with E-state index < -0.39 is 15.8 Å². The Kier molecular flexibility index (Phi) is 9.16. The van der Waals surface area contributed by atoms with Crippen LogP contribution in [0.5, 0.6) is 5.75 Å². The van der Waals surface area contributed by atoms with Crippen molar-refractivity contribution in [3.8, 4) is 5.75 Å². The molecule has 1 atom stereocenters. The summed E-state index contributed by atoms with van der Waals surface area (Å²) in [4.78, 5) is 4.55. The second-order valence-electron chi connectivity index (χ2n) is 7.21. The van der Waals surface area contributed by atoms with E-state index in [-0.39, 0.29) is 23.6 Å². The Labute approximate surface area is 173 Å². The number of nitrogens with one attached hydrogen (secondary N) is 2. The number of para-hydroxylation sites is 1. The molecule has 29 heavy (non-hydrogen) atoms. The van der Waals surface area contributed by atoms with Gasteiger partial charge in [-0.1, -0.05) is 19.1 Å². The molecule has 1 saturated heterocycles. The number of nitrogens with zero attached hydrogens (tertiary/aromatic N) is 2. The molecule has 0 bridgehead atoms. The number of rotatable bonds is 9. The smallest absolute Gasteiger partial charge is 0.214 e. The van der Waals surface area contributed by atoms with Crippen molar-refractivity contribution >= 4 is 16.0 Å². The minimum atomic E-state index is -3.14. The number of halogens is 1. The molecule has 1 heterocycles. The van der Waals surface area contributed by atoms with Gasteiger partial charge in [-0.05, 0) is 45.2 Å². The fourth-order valence-corrected chi connectivity index (χ4v) is 4.73. The van der Waals surface area contributed by atoms with Crippen LogP contribution >= 0.6 is 0 Å². The summed E-state index contributed by atoms with van der Waals surface area (Å²) in [5.41, 5.74) is 0. The second kappa shape index (κ2) is 11.3. The largest absolute Gasteiger partial charge is 0.486 e. The molecule has 0 amide bonds. The number of hydrogen-bond acceptors (Lipinski definition) is 4. The molecule has 7 nitrogen and oxygen atoms in total. The van der Waals surface area contributed by atoms with Crippen LogP contribution in [0, 0.1) is 5.82 Å². The van der Waals surface area contributed by atoms with Crippen LogP contribution in [0.25, 0.3) is 0 Å². The summed E-state index contributed by atoms with van der Waals surface area (Å²) in [5, 5.41) is 6.58. The minimum Gasteiger partial charge on any atom is -0.486 e. The zero-order chi connectivity index (χ0) is 21.3. The Morgan fingerprint density at radius 3 is 2.62 bits per heavy atom. The summed E-state index contributed by atoms with van der Waals surface area (Å²) in [5.74, 6) is 0.688. The molecule has 1 aromatic carbocycles. The van der Waals surface area contributed by atoms with Crippen LogP contribution < -0.4 is 15.4 Å². The van der Waals surface area contributed by atoms with E-state index in [4.69, 9.17) is 4.74 Å². The highest BCUT2D eigenvalue weighted by Gasteiger charge is 2.27. The van der Waals surface area contributed by atoms with Crippen molar-refractivity contribution in [3.63, 3.8) is 0 Å². The van der Waals surface area contributed by atoms with Crippen LogP contribution in [-0.2, 0) is 10.0 Å². The Hall–Kier alpha value is -1.87. The number of ether oxygens (including phenoxy) is 1. The Bertz CT molecular complexity index is 765. The number of piperidine rings is 1. The van der Waals surface area contributed by atoms with Gasteiger partial charge in [0.05, 0.1) is 12.3 Å². The van der Waals surface area contributed by atoms with Crippen LogP contribution in [-0.4, -0.2) is 62.8 Å². The van der Waals surface area contributed by atoms with Gasteiger partial charge in [-0.2, -0.15) is 0 Å². The number of guanidine groups is 1. The van der Waals surface area contributed by atoms with Crippen molar-refractivity contribution in [2.75, 3.05) is 31.9 Å². The summed E-state index contributed by atoms with van der Waals surface area (Å²) >= 11 is 0. The molecule has 0 radical (unpaired) electrons. The third kappa shape index (κ3) is 7.47. The maximum atomic E-state index is 13.7. The maximum Gasteiger partial charge on any atom is 0.214 e. The van der Waals surface area contributed by atoms with Gasteiger partial charge in [0.2, 0.25) is 10.0 Å². The maximum absolute atomic E-state index is 13.7. The van der Waals surface area contributed by atoms with E-state index in [1.807, 2.05) is 20.8 Å². The fourth-order valence-electron chi connectivity index (χ4n) is 3.19. The van der Waals surface area contributed by atoms with E-state index >= 15 is 0 Å². The van der Waals surface area contributed by atoms with E-state index in [2.05, 4.69) is 15.6 Å². The van der Waals surface area contributed by atoms with Gasteiger partial charge in [-0.15, -0.1) is 0 Å². The fraction of sp³-hybridized carbons (Fsp3) is 0.650. The number of benzene rings is 1. The van der Waals surface area contributed by atoms with E-state index in [0.717, 1.165) is 12.8 Å². The summed E-state index contributed by atoms with van der Waals surface area (Å²) < 4.78 is 45.3. The highest BCUT2D eigenvalue weighted by molar-refractivity contribution is 7.89. The lowest BCUT2D eigenvalue weighted by molar-refractivity contribution is 0.219. The van der Waals surface area contributed by atoms with Gasteiger partial charge in [-0.3, -0.25) is 0 Å². The second-order valence-corrected chi connectivity index (χ2v) is 9.30. The molecule has 1 aromatic rings. The average Bonchev–Trinajstić information content (AvgIpc) is 2.68.